The molecule has 1 saturated heterocycles. The number of fused-ring (bicyclic) bond motifs is 1. The van der Waals surface area contributed by atoms with Crippen molar-refractivity contribution in [3.05, 3.63) is 72.3 Å². The molecule has 0 spiro atoms. The molecule has 3 aromatic carbocycles. The van der Waals surface area contributed by atoms with Gasteiger partial charge in [0.05, 0.1) is 6.04 Å². The van der Waals surface area contributed by atoms with Gasteiger partial charge in [-0.3, -0.25) is 4.79 Å². The number of amides is 1. The molecule has 0 aromatic heterocycles. The molecule has 0 aliphatic carbocycles. The highest BCUT2D eigenvalue weighted by Gasteiger charge is 2.22. The van der Waals surface area contributed by atoms with Crippen LogP contribution in [0.2, 0.25) is 0 Å². The first kappa shape index (κ1) is 22.2. The van der Waals surface area contributed by atoms with Crippen LogP contribution in [0.5, 0.6) is 5.75 Å². The Morgan fingerprint density at radius 1 is 1.09 bits per heavy atom. The fourth-order valence-electron chi connectivity index (χ4n) is 4.56. The van der Waals surface area contributed by atoms with E-state index in [0.29, 0.717) is 6.42 Å². The highest BCUT2D eigenvalue weighted by Crippen LogP contribution is 2.27. The lowest BCUT2D eigenvalue weighted by molar-refractivity contribution is -0.128. The van der Waals surface area contributed by atoms with Gasteiger partial charge in [0.2, 0.25) is 0 Å². The van der Waals surface area contributed by atoms with E-state index in [4.69, 9.17) is 4.74 Å². The molecule has 0 saturated carbocycles. The van der Waals surface area contributed by atoms with Crippen molar-refractivity contribution in [2.24, 2.45) is 5.92 Å². The number of ether oxygens (including phenoxy) is 1. The summed E-state index contributed by atoms with van der Waals surface area (Å²) in [5.41, 5.74) is 2.37. The van der Waals surface area contributed by atoms with Crippen molar-refractivity contribution in [1.29, 1.82) is 0 Å². The molecule has 1 aliphatic rings. The zero-order chi connectivity index (χ0) is 22.5. The molecule has 0 unspecified atom stereocenters. The van der Waals surface area contributed by atoms with Crippen LogP contribution >= 0.6 is 0 Å². The molecule has 0 radical (unpaired) electrons. The minimum atomic E-state index is -0.530. The predicted molar refractivity (Wildman–Crippen MR) is 132 cm³/mol. The Balaban J connectivity index is 1.40. The maximum Gasteiger partial charge on any atom is 0.261 e. The van der Waals surface area contributed by atoms with Gasteiger partial charge >= 0.3 is 0 Å². The first-order valence-corrected chi connectivity index (χ1v) is 11.8. The Kier molecular flexibility index (Phi) is 6.99. The molecular weight excluding hydrogens is 396 g/mol. The summed E-state index contributed by atoms with van der Waals surface area (Å²) in [6, 6.07) is 22.6. The summed E-state index contributed by atoms with van der Waals surface area (Å²) in [5, 5.41) is 5.28. The minimum Gasteiger partial charge on any atom is -0.480 e. The number of hydrogen-bond donors (Lipinski definition) is 1. The van der Waals surface area contributed by atoms with Gasteiger partial charge in [-0.2, -0.15) is 0 Å². The Bertz CT molecular complexity index is 1040. The van der Waals surface area contributed by atoms with Gasteiger partial charge in [0.25, 0.3) is 5.91 Å². The third kappa shape index (κ3) is 5.07. The number of anilines is 1. The van der Waals surface area contributed by atoms with Crippen molar-refractivity contribution >= 4 is 22.4 Å². The van der Waals surface area contributed by atoms with Crippen LogP contribution < -0.4 is 15.0 Å². The molecule has 1 heterocycles. The van der Waals surface area contributed by atoms with E-state index in [0.717, 1.165) is 41.1 Å². The van der Waals surface area contributed by atoms with Gasteiger partial charge in [0, 0.05) is 24.2 Å². The molecule has 1 aliphatic heterocycles. The van der Waals surface area contributed by atoms with Crippen LogP contribution in [0.3, 0.4) is 0 Å². The van der Waals surface area contributed by atoms with Crippen molar-refractivity contribution < 1.29 is 9.53 Å². The van der Waals surface area contributed by atoms with Crippen LogP contribution in [0.15, 0.2) is 66.7 Å². The summed E-state index contributed by atoms with van der Waals surface area (Å²) in [7, 11) is 0. The molecular formula is C28H34N2O2. The first-order valence-electron chi connectivity index (χ1n) is 11.8. The monoisotopic (exact) mass is 430 g/mol. The summed E-state index contributed by atoms with van der Waals surface area (Å²) in [6.45, 7) is 8.58. The zero-order valence-corrected chi connectivity index (χ0v) is 19.4. The number of hydrogen-bond acceptors (Lipinski definition) is 3. The molecule has 1 amide bonds. The van der Waals surface area contributed by atoms with Crippen LogP contribution in [-0.2, 0) is 4.79 Å². The van der Waals surface area contributed by atoms with E-state index in [2.05, 4.69) is 53.5 Å². The third-order valence-corrected chi connectivity index (χ3v) is 6.46. The van der Waals surface area contributed by atoms with Crippen molar-refractivity contribution in [3.63, 3.8) is 0 Å². The highest BCUT2D eigenvalue weighted by atomic mass is 16.5. The summed E-state index contributed by atoms with van der Waals surface area (Å²) in [4.78, 5) is 15.5. The van der Waals surface area contributed by atoms with Gasteiger partial charge in [-0.15, -0.1) is 0 Å². The van der Waals surface area contributed by atoms with Crippen LogP contribution in [0.25, 0.3) is 10.8 Å². The van der Waals surface area contributed by atoms with Gasteiger partial charge in [0.15, 0.2) is 6.10 Å². The number of rotatable bonds is 7. The lowest BCUT2D eigenvalue weighted by Crippen LogP contribution is -2.39. The average molecular weight is 431 g/mol. The molecule has 1 fully saturated rings. The minimum absolute atomic E-state index is 0.0815. The van der Waals surface area contributed by atoms with Crippen LogP contribution in [-0.4, -0.2) is 25.1 Å². The molecule has 3 aromatic rings. The van der Waals surface area contributed by atoms with E-state index in [1.54, 1.807) is 0 Å². The second-order valence-electron chi connectivity index (χ2n) is 9.01. The van der Waals surface area contributed by atoms with Crippen LogP contribution in [0.4, 0.5) is 5.69 Å². The van der Waals surface area contributed by atoms with E-state index in [1.807, 2.05) is 44.2 Å². The predicted octanol–water partition coefficient (Wildman–Crippen LogP) is 6.11. The maximum absolute atomic E-state index is 13.0. The number of piperidine rings is 1. The Hall–Kier alpha value is -3.01. The molecule has 4 nitrogen and oxygen atoms in total. The van der Waals surface area contributed by atoms with E-state index in [-0.39, 0.29) is 11.9 Å². The molecule has 3 atom stereocenters. The highest BCUT2D eigenvalue weighted by molar-refractivity contribution is 5.89. The average Bonchev–Trinajstić information content (AvgIpc) is 2.82. The van der Waals surface area contributed by atoms with Crippen molar-refractivity contribution in [2.75, 3.05) is 18.0 Å². The van der Waals surface area contributed by atoms with Gasteiger partial charge < -0.3 is 15.0 Å². The molecule has 1 N–H and O–H groups in total. The number of nitrogens with one attached hydrogen (secondary N) is 1. The topological polar surface area (TPSA) is 41.6 Å². The van der Waals surface area contributed by atoms with Gasteiger partial charge in [-0.25, -0.2) is 0 Å². The Labute approximate surface area is 191 Å². The Morgan fingerprint density at radius 2 is 1.84 bits per heavy atom. The normalized spacial score (nSPS) is 18.2. The van der Waals surface area contributed by atoms with Gasteiger partial charge in [0.1, 0.15) is 5.75 Å². The van der Waals surface area contributed by atoms with E-state index >= 15 is 0 Å². The van der Waals surface area contributed by atoms with Crippen LogP contribution in [0.1, 0.15) is 51.6 Å². The number of carbonyl (C=O) groups excluding carboxylic acids is 1. The summed E-state index contributed by atoms with van der Waals surface area (Å²) >= 11 is 0. The van der Waals surface area contributed by atoms with Crippen molar-refractivity contribution in [2.45, 2.75) is 52.2 Å². The van der Waals surface area contributed by atoms with Gasteiger partial charge in [-0.1, -0.05) is 62.4 Å². The SMILES string of the molecule is CC[C@@H](Oc1cccc2ccccc12)C(=O)N[C@@H](C)c1ccc(N2CCC[C@@H](C)C2)cc1. The first-order chi connectivity index (χ1) is 15.5. The molecule has 0 bridgehead atoms. The summed E-state index contributed by atoms with van der Waals surface area (Å²) < 4.78 is 6.17. The molecule has 168 valence electrons. The lowest BCUT2D eigenvalue weighted by Gasteiger charge is -2.33. The zero-order valence-electron chi connectivity index (χ0n) is 19.4. The smallest absolute Gasteiger partial charge is 0.261 e. The molecule has 32 heavy (non-hydrogen) atoms. The number of carbonyl (C=O) groups is 1. The summed E-state index contributed by atoms with van der Waals surface area (Å²) in [6.07, 6.45) is 2.65. The lowest BCUT2D eigenvalue weighted by atomic mass is 9.99. The van der Waals surface area contributed by atoms with E-state index in [1.165, 1.54) is 18.5 Å². The molecule has 4 heteroatoms. The Morgan fingerprint density at radius 3 is 2.59 bits per heavy atom. The van der Waals surface area contributed by atoms with E-state index in [9.17, 15) is 4.79 Å². The molecule has 4 rings (SSSR count). The maximum atomic E-state index is 13.0. The summed E-state index contributed by atoms with van der Waals surface area (Å²) in [5.74, 6) is 1.41. The fraction of sp³-hybridized carbons (Fsp3) is 0.393. The second kappa shape index (κ2) is 10.1. The number of nitrogens with zero attached hydrogens (tertiary/aromatic N) is 1. The largest absolute Gasteiger partial charge is 0.480 e. The quantitative estimate of drug-likeness (QED) is 0.492. The standard InChI is InChI=1S/C28H34N2O2/c1-4-26(32-27-13-7-11-23-10-5-6-12-25(23)27)28(31)29-21(3)22-14-16-24(17-15-22)30-18-8-9-20(2)19-30/h5-7,10-17,20-21,26H,4,8-9,18-19H2,1-3H3,(H,29,31)/t20-,21+,26-/m1/s1. The number of benzene rings is 3. The van der Waals surface area contributed by atoms with Crippen molar-refractivity contribution in [1.82, 2.24) is 5.32 Å². The second-order valence-corrected chi connectivity index (χ2v) is 9.01. The fourth-order valence-corrected chi connectivity index (χ4v) is 4.56. The van der Waals surface area contributed by atoms with Gasteiger partial charge in [-0.05, 0) is 61.3 Å². The van der Waals surface area contributed by atoms with E-state index < -0.39 is 6.10 Å². The third-order valence-electron chi connectivity index (χ3n) is 6.46. The van der Waals surface area contributed by atoms with Crippen LogP contribution in [0, 0.1) is 5.92 Å². The van der Waals surface area contributed by atoms with Crippen molar-refractivity contribution in [3.8, 4) is 5.75 Å².